The van der Waals surface area contributed by atoms with Gasteiger partial charge in [0.05, 0.1) is 5.57 Å². The average Bonchev–Trinajstić information content (AvgIpc) is 3.10. The lowest BCUT2D eigenvalue weighted by Crippen LogP contribution is -2.03. The maximum absolute atomic E-state index is 12.3. The van der Waals surface area contributed by atoms with Crippen molar-refractivity contribution in [1.29, 1.82) is 0 Å². The van der Waals surface area contributed by atoms with E-state index in [1.165, 1.54) is 6.92 Å². The van der Waals surface area contributed by atoms with Crippen molar-refractivity contribution in [2.45, 2.75) is 6.92 Å². The number of carbonyl (C=O) groups excluding carboxylic acids is 2. The molecule has 29 heavy (non-hydrogen) atoms. The van der Waals surface area contributed by atoms with Gasteiger partial charge < -0.3 is 9.47 Å². The Morgan fingerprint density at radius 2 is 1.45 bits per heavy atom. The summed E-state index contributed by atoms with van der Waals surface area (Å²) in [5, 5.41) is 0. The maximum atomic E-state index is 12.3. The Bertz CT molecular complexity index is 1120. The standard InChI is InChI=1S/C25H18O4/c1-17(26)28-23-10-6-5-9-21(23)15-22-16-24(29-25(22)27)20-13-11-19(12-14-20)18-7-3-2-4-8-18/h2-16H,1H3/b22-15+. The zero-order valence-corrected chi connectivity index (χ0v) is 15.8. The summed E-state index contributed by atoms with van der Waals surface area (Å²) in [5.74, 6) is 0.0320. The zero-order chi connectivity index (χ0) is 20.2. The number of carbonyl (C=O) groups is 2. The fourth-order valence-corrected chi connectivity index (χ4v) is 3.10. The molecule has 142 valence electrons. The molecule has 1 heterocycles. The van der Waals surface area contributed by atoms with Gasteiger partial charge in [-0.3, -0.25) is 4.79 Å². The molecule has 0 atom stereocenters. The van der Waals surface area contributed by atoms with E-state index in [1.54, 1.807) is 30.4 Å². The highest BCUT2D eigenvalue weighted by atomic mass is 16.5. The molecule has 4 heteroatoms. The molecule has 0 aromatic heterocycles. The molecule has 0 saturated carbocycles. The van der Waals surface area contributed by atoms with Crippen LogP contribution in [0.2, 0.25) is 0 Å². The number of hydrogen-bond acceptors (Lipinski definition) is 4. The first-order valence-electron chi connectivity index (χ1n) is 9.19. The van der Waals surface area contributed by atoms with Crippen molar-refractivity contribution in [2.75, 3.05) is 0 Å². The molecule has 0 N–H and O–H groups in total. The van der Waals surface area contributed by atoms with Crippen molar-refractivity contribution in [3.05, 3.63) is 102 Å². The van der Waals surface area contributed by atoms with Crippen molar-refractivity contribution < 1.29 is 19.1 Å². The van der Waals surface area contributed by atoms with Gasteiger partial charge in [0.1, 0.15) is 11.5 Å². The van der Waals surface area contributed by atoms with E-state index in [4.69, 9.17) is 9.47 Å². The number of benzene rings is 3. The Hall–Kier alpha value is -3.92. The van der Waals surface area contributed by atoms with Crippen LogP contribution < -0.4 is 4.74 Å². The van der Waals surface area contributed by atoms with E-state index >= 15 is 0 Å². The van der Waals surface area contributed by atoms with E-state index in [9.17, 15) is 9.59 Å². The van der Waals surface area contributed by atoms with Gasteiger partial charge in [0.25, 0.3) is 0 Å². The first-order valence-corrected chi connectivity index (χ1v) is 9.19. The third kappa shape index (κ3) is 4.17. The fraction of sp³-hybridized carbons (Fsp3) is 0.0400. The predicted octanol–water partition coefficient (Wildman–Crippen LogP) is 5.26. The largest absolute Gasteiger partial charge is 0.426 e. The monoisotopic (exact) mass is 382 g/mol. The van der Waals surface area contributed by atoms with E-state index in [0.29, 0.717) is 22.6 Å². The summed E-state index contributed by atoms with van der Waals surface area (Å²) < 4.78 is 10.6. The summed E-state index contributed by atoms with van der Waals surface area (Å²) in [6.07, 6.45) is 3.36. The van der Waals surface area contributed by atoms with Crippen molar-refractivity contribution in [2.24, 2.45) is 0 Å². The van der Waals surface area contributed by atoms with Crippen LogP contribution in [0.5, 0.6) is 5.75 Å². The number of para-hydroxylation sites is 1. The SMILES string of the molecule is CC(=O)Oc1ccccc1/C=C1\C=C(c2ccc(-c3ccccc3)cc2)OC1=O. The first kappa shape index (κ1) is 18.4. The van der Waals surface area contributed by atoms with Crippen molar-refractivity contribution >= 4 is 23.8 Å². The molecular weight excluding hydrogens is 364 g/mol. The van der Waals surface area contributed by atoms with E-state index in [1.807, 2.05) is 60.7 Å². The molecule has 1 aliphatic heterocycles. The second-order valence-corrected chi connectivity index (χ2v) is 6.57. The number of rotatable bonds is 4. The van der Waals surface area contributed by atoms with Crippen LogP contribution in [0.4, 0.5) is 0 Å². The molecule has 3 aromatic carbocycles. The molecule has 3 aromatic rings. The highest BCUT2D eigenvalue weighted by Crippen LogP contribution is 2.30. The molecule has 4 nitrogen and oxygen atoms in total. The lowest BCUT2D eigenvalue weighted by Gasteiger charge is -2.05. The predicted molar refractivity (Wildman–Crippen MR) is 112 cm³/mol. The molecule has 0 bridgehead atoms. The number of esters is 2. The highest BCUT2D eigenvalue weighted by Gasteiger charge is 2.22. The third-order valence-corrected chi connectivity index (χ3v) is 4.49. The second-order valence-electron chi connectivity index (χ2n) is 6.57. The molecular formula is C25H18O4. The maximum Gasteiger partial charge on any atom is 0.343 e. The minimum Gasteiger partial charge on any atom is -0.426 e. The summed E-state index contributed by atoms with van der Waals surface area (Å²) in [6, 6.07) is 25.0. The number of ether oxygens (including phenoxy) is 2. The van der Waals surface area contributed by atoms with E-state index in [-0.39, 0.29) is 0 Å². The molecule has 0 spiro atoms. The Balaban J connectivity index is 1.61. The summed E-state index contributed by atoms with van der Waals surface area (Å²) in [4.78, 5) is 23.6. The van der Waals surface area contributed by atoms with Gasteiger partial charge in [-0.25, -0.2) is 4.79 Å². The lowest BCUT2D eigenvalue weighted by molar-refractivity contribution is -0.132. The van der Waals surface area contributed by atoms with Gasteiger partial charge in [0, 0.05) is 18.1 Å². The van der Waals surface area contributed by atoms with E-state index in [0.717, 1.165) is 16.7 Å². The second kappa shape index (κ2) is 7.98. The molecule has 0 unspecified atom stereocenters. The fourth-order valence-electron chi connectivity index (χ4n) is 3.10. The zero-order valence-electron chi connectivity index (χ0n) is 15.8. The summed E-state index contributed by atoms with van der Waals surface area (Å²) in [5.41, 5.74) is 4.05. The minimum absolute atomic E-state index is 0.395. The first-order chi connectivity index (χ1) is 14.1. The number of hydrogen-bond donors (Lipinski definition) is 0. The third-order valence-electron chi connectivity index (χ3n) is 4.49. The van der Waals surface area contributed by atoms with Gasteiger partial charge in [-0.15, -0.1) is 0 Å². The Labute approximate surface area is 168 Å². The van der Waals surface area contributed by atoms with Crippen molar-refractivity contribution in [1.82, 2.24) is 0 Å². The quantitative estimate of drug-likeness (QED) is 0.351. The topological polar surface area (TPSA) is 52.6 Å². The smallest absolute Gasteiger partial charge is 0.343 e. The van der Waals surface area contributed by atoms with E-state index < -0.39 is 11.9 Å². The van der Waals surface area contributed by atoms with Gasteiger partial charge in [0.2, 0.25) is 0 Å². The van der Waals surface area contributed by atoms with Crippen LogP contribution >= 0.6 is 0 Å². The summed E-state index contributed by atoms with van der Waals surface area (Å²) >= 11 is 0. The molecule has 0 amide bonds. The molecule has 1 aliphatic rings. The average molecular weight is 382 g/mol. The Morgan fingerprint density at radius 1 is 0.828 bits per heavy atom. The Kier molecular flexibility index (Phi) is 5.08. The van der Waals surface area contributed by atoms with Crippen LogP contribution in [-0.2, 0) is 14.3 Å². The minimum atomic E-state index is -0.440. The summed E-state index contributed by atoms with van der Waals surface area (Å²) in [7, 11) is 0. The van der Waals surface area contributed by atoms with Gasteiger partial charge in [-0.1, -0.05) is 72.8 Å². The van der Waals surface area contributed by atoms with Crippen LogP contribution in [0.15, 0.2) is 90.5 Å². The highest BCUT2D eigenvalue weighted by molar-refractivity contribution is 6.05. The van der Waals surface area contributed by atoms with Gasteiger partial charge in [0.15, 0.2) is 0 Å². The van der Waals surface area contributed by atoms with Crippen LogP contribution in [0.3, 0.4) is 0 Å². The van der Waals surface area contributed by atoms with Gasteiger partial charge >= 0.3 is 11.9 Å². The van der Waals surface area contributed by atoms with Crippen molar-refractivity contribution in [3.8, 4) is 16.9 Å². The van der Waals surface area contributed by atoms with Gasteiger partial charge in [-0.05, 0) is 29.3 Å². The summed E-state index contributed by atoms with van der Waals surface area (Å²) in [6.45, 7) is 1.34. The molecule has 4 rings (SSSR count). The number of cyclic esters (lactones) is 1. The van der Waals surface area contributed by atoms with Crippen molar-refractivity contribution in [3.63, 3.8) is 0 Å². The van der Waals surface area contributed by atoms with Crippen LogP contribution in [-0.4, -0.2) is 11.9 Å². The van der Waals surface area contributed by atoms with Crippen LogP contribution in [0, 0.1) is 0 Å². The van der Waals surface area contributed by atoms with E-state index in [2.05, 4.69) is 0 Å². The molecule has 0 fully saturated rings. The normalized spacial score (nSPS) is 14.4. The lowest BCUT2D eigenvalue weighted by atomic mass is 10.0. The van der Waals surface area contributed by atoms with Crippen LogP contribution in [0.25, 0.3) is 23.0 Å². The van der Waals surface area contributed by atoms with Gasteiger partial charge in [-0.2, -0.15) is 0 Å². The molecule has 0 radical (unpaired) electrons. The molecule has 0 saturated heterocycles. The Morgan fingerprint density at radius 3 is 2.17 bits per heavy atom. The van der Waals surface area contributed by atoms with Crippen LogP contribution in [0.1, 0.15) is 18.1 Å². The molecule has 0 aliphatic carbocycles.